The smallest absolute Gasteiger partial charge is 0.223 e. The minimum absolute atomic E-state index is 0.117. The molecule has 0 aromatic carbocycles. The number of hydrogen-bond acceptors (Lipinski definition) is 4. The van der Waals surface area contributed by atoms with Gasteiger partial charge in [-0.3, -0.25) is 9.69 Å². The predicted molar refractivity (Wildman–Crippen MR) is 90.8 cm³/mol. The van der Waals surface area contributed by atoms with Gasteiger partial charge in [-0.05, 0) is 56.6 Å². The van der Waals surface area contributed by atoms with Gasteiger partial charge in [0, 0.05) is 23.4 Å². The SMILES string of the molecule is NC1CCCC(C(=O)NCC(c2cccs2)N2CCCC2)C1. The van der Waals surface area contributed by atoms with Crippen LogP contribution in [0.15, 0.2) is 17.5 Å². The third-order valence-corrected chi connectivity index (χ3v) is 5.98. The van der Waals surface area contributed by atoms with Crippen molar-refractivity contribution in [2.45, 2.75) is 50.6 Å². The maximum absolute atomic E-state index is 12.5. The van der Waals surface area contributed by atoms with Gasteiger partial charge >= 0.3 is 0 Å². The van der Waals surface area contributed by atoms with Crippen LogP contribution in [-0.2, 0) is 4.79 Å². The van der Waals surface area contributed by atoms with Gasteiger partial charge in [-0.1, -0.05) is 12.5 Å². The monoisotopic (exact) mass is 321 g/mol. The Morgan fingerprint density at radius 1 is 1.36 bits per heavy atom. The maximum Gasteiger partial charge on any atom is 0.223 e. The number of rotatable bonds is 5. The second-order valence-electron chi connectivity index (χ2n) is 6.64. The van der Waals surface area contributed by atoms with Gasteiger partial charge in [-0.15, -0.1) is 11.3 Å². The summed E-state index contributed by atoms with van der Waals surface area (Å²) < 4.78 is 0. The van der Waals surface area contributed by atoms with Gasteiger partial charge in [0.05, 0.1) is 6.04 Å². The Hall–Kier alpha value is -0.910. The summed E-state index contributed by atoms with van der Waals surface area (Å²) in [6.45, 7) is 3.02. The zero-order valence-corrected chi connectivity index (χ0v) is 14.0. The fourth-order valence-electron chi connectivity index (χ4n) is 3.75. The number of nitrogens with one attached hydrogen (secondary N) is 1. The van der Waals surface area contributed by atoms with Gasteiger partial charge in [-0.25, -0.2) is 0 Å². The van der Waals surface area contributed by atoms with Crippen molar-refractivity contribution in [3.8, 4) is 0 Å². The predicted octanol–water partition coefficient (Wildman–Crippen LogP) is 2.52. The van der Waals surface area contributed by atoms with Crippen LogP contribution in [-0.4, -0.2) is 36.5 Å². The van der Waals surface area contributed by atoms with E-state index in [1.165, 1.54) is 17.7 Å². The standard InChI is InChI=1S/C17H27N3OS/c18-14-6-3-5-13(11-14)17(21)19-12-15(16-7-4-10-22-16)20-8-1-2-9-20/h4,7,10,13-15H,1-3,5-6,8-9,11-12,18H2,(H,19,21). The van der Waals surface area contributed by atoms with Crippen LogP contribution in [0.5, 0.6) is 0 Å². The molecule has 1 aromatic heterocycles. The van der Waals surface area contributed by atoms with Crippen molar-refractivity contribution in [1.29, 1.82) is 0 Å². The lowest BCUT2D eigenvalue weighted by Gasteiger charge is -2.29. The van der Waals surface area contributed by atoms with E-state index in [0.29, 0.717) is 6.04 Å². The van der Waals surface area contributed by atoms with Crippen molar-refractivity contribution >= 4 is 17.2 Å². The van der Waals surface area contributed by atoms with E-state index in [1.807, 2.05) is 0 Å². The molecule has 2 aliphatic rings. The molecule has 0 radical (unpaired) electrons. The molecule has 1 amide bonds. The quantitative estimate of drug-likeness (QED) is 0.876. The maximum atomic E-state index is 12.5. The molecule has 1 aliphatic heterocycles. The largest absolute Gasteiger partial charge is 0.354 e. The van der Waals surface area contributed by atoms with E-state index >= 15 is 0 Å². The van der Waals surface area contributed by atoms with Crippen molar-refractivity contribution < 1.29 is 4.79 Å². The first-order valence-corrected chi connectivity index (χ1v) is 9.43. The number of nitrogens with zero attached hydrogens (tertiary/aromatic N) is 1. The van der Waals surface area contributed by atoms with E-state index in [1.54, 1.807) is 11.3 Å². The molecule has 0 bridgehead atoms. The molecule has 1 saturated heterocycles. The number of nitrogens with two attached hydrogens (primary N) is 1. The fourth-order valence-corrected chi connectivity index (χ4v) is 4.61. The van der Waals surface area contributed by atoms with Gasteiger partial charge in [0.1, 0.15) is 0 Å². The highest BCUT2D eigenvalue weighted by Gasteiger charge is 2.28. The van der Waals surface area contributed by atoms with Crippen molar-refractivity contribution in [1.82, 2.24) is 10.2 Å². The number of carbonyl (C=O) groups excluding carboxylic acids is 1. The summed E-state index contributed by atoms with van der Waals surface area (Å²) in [5.74, 6) is 0.321. The molecule has 5 heteroatoms. The van der Waals surface area contributed by atoms with Crippen LogP contribution in [0, 0.1) is 5.92 Å². The third kappa shape index (κ3) is 3.89. The van der Waals surface area contributed by atoms with E-state index in [9.17, 15) is 4.79 Å². The van der Waals surface area contributed by atoms with Gasteiger partial charge in [0.15, 0.2) is 0 Å². The number of carbonyl (C=O) groups is 1. The summed E-state index contributed by atoms with van der Waals surface area (Å²) in [4.78, 5) is 16.3. The lowest BCUT2D eigenvalue weighted by molar-refractivity contribution is -0.126. The van der Waals surface area contributed by atoms with Crippen LogP contribution in [0.25, 0.3) is 0 Å². The fraction of sp³-hybridized carbons (Fsp3) is 0.706. The molecular weight excluding hydrogens is 294 g/mol. The first-order chi connectivity index (χ1) is 10.7. The average Bonchev–Trinajstić information content (AvgIpc) is 3.21. The molecule has 22 heavy (non-hydrogen) atoms. The summed E-state index contributed by atoms with van der Waals surface area (Å²) in [7, 11) is 0. The Labute approximate surface area is 137 Å². The first-order valence-electron chi connectivity index (χ1n) is 8.55. The highest BCUT2D eigenvalue weighted by molar-refractivity contribution is 7.10. The lowest BCUT2D eigenvalue weighted by atomic mass is 9.85. The van der Waals surface area contributed by atoms with Gasteiger partial charge in [0.25, 0.3) is 0 Å². The number of amides is 1. The summed E-state index contributed by atoms with van der Waals surface area (Å²) >= 11 is 1.79. The normalized spacial score (nSPS) is 27.7. The zero-order chi connectivity index (χ0) is 15.4. The summed E-state index contributed by atoms with van der Waals surface area (Å²) in [5, 5.41) is 5.33. The third-order valence-electron chi connectivity index (χ3n) is 5.01. The van der Waals surface area contributed by atoms with E-state index in [0.717, 1.165) is 45.3 Å². The van der Waals surface area contributed by atoms with Crippen molar-refractivity contribution in [2.75, 3.05) is 19.6 Å². The van der Waals surface area contributed by atoms with E-state index in [-0.39, 0.29) is 17.9 Å². The van der Waals surface area contributed by atoms with Crippen LogP contribution in [0.1, 0.15) is 49.4 Å². The van der Waals surface area contributed by atoms with Crippen molar-refractivity contribution in [3.05, 3.63) is 22.4 Å². The second-order valence-corrected chi connectivity index (χ2v) is 7.62. The number of hydrogen-bond donors (Lipinski definition) is 2. The van der Waals surface area contributed by atoms with Gasteiger partial charge < -0.3 is 11.1 Å². The van der Waals surface area contributed by atoms with Gasteiger partial charge in [-0.2, -0.15) is 0 Å². The van der Waals surface area contributed by atoms with Crippen molar-refractivity contribution in [2.24, 2.45) is 11.7 Å². The van der Waals surface area contributed by atoms with Crippen LogP contribution >= 0.6 is 11.3 Å². The average molecular weight is 321 g/mol. The Balaban J connectivity index is 1.57. The highest BCUT2D eigenvalue weighted by Crippen LogP contribution is 2.28. The number of likely N-dealkylation sites (tertiary alicyclic amines) is 1. The molecule has 3 atom stereocenters. The minimum atomic E-state index is 0.117. The molecule has 122 valence electrons. The van der Waals surface area contributed by atoms with Gasteiger partial charge in [0.2, 0.25) is 5.91 Å². The summed E-state index contributed by atoms with van der Waals surface area (Å²) in [6.07, 6.45) is 6.53. The second kappa shape index (κ2) is 7.57. The first kappa shape index (κ1) is 16.0. The molecule has 3 rings (SSSR count). The Bertz CT molecular complexity index is 470. The molecule has 0 spiro atoms. The molecule has 1 saturated carbocycles. The highest BCUT2D eigenvalue weighted by atomic mass is 32.1. The Morgan fingerprint density at radius 2 is 2.18 bits per heavy atom. The molecule has 4 nitrogen and oxygen atoms in total. The molecule has 1 aliphatic carbocycles. The zero-order valence-electron chi connectivity index (χ0n) is 13.2. The van der Waals surface area contributed by atoms with Crippen LogP contribution < -0.4 is 11.1 Å². The lowest BCUT2D eigenvalue weighted by Crippen LogP contribution is -2.41. The van der Waals surface area contributed by atoms with E-state index < -0.39 is 0 Å². The van der Waals surface area contributed by atoms with Crippen molar-refractivity contribution in [3.63, 3.8) is 0 Å². The van der Waals surface area contributed by atoms with Crippen LogP contribution in [0.2, 0.25) is 0 Å². The Morgan fingerprint density at radius 3 is 2.86 bits per heavy atom. The number of thiophene rings is 1. The van der Waals surface area contributed by atoms with Crippen LogP contribution in [0.4, 0.5) is 0 Å². The summed E-state index contributed by atoms with van der Waals surface area (Å²) in [5.41, 5.74) is 6.01. The molecule has 2 heterocycles. The molecule has 1 aromatic rings. The molecule has 2 fully saturated rings. The minimum Gasteiger partial charge on any atom is -0.354 e. The molecule has 3 unspecified atom stereocenters. The van der Waals surface area contributed by atoms with E-state index in [4.69, 9.17) is 5.73 Å². The molecular formula is C17H27N3OS. The molecule has 3 N–H and O–H groups in total. The topological polar surface area (TPSA) is 58.4 Å². The Kier molecular flexibility index (Phi) is 5.50. The summed E-state index contributed by atoms with van der Waals surface area (Å²) in [6, 6.07) is 4.83. The van der Waals surface area contributed by atoms with Crippen LogP contribution in [0.3, 0.4) is 0 Å². The van der Waals surface area contributed by atoms with E-state index in [2.05, 4.69) is 27.7 Å².